The Bertz CT molecular complexity index is 716. The standard InChI is InChI=1S/C19H26N2O5/c1-7-19(15-10-8-9-14(6)11-15)16(22)20(17(23)25-12(2)3)21(19)18(24)26-13(4)5/h8-13H,7H2,1-6H3/t19-/m1/s1. The number of hydrazine groups is 1. The van der Waals surface area contributed by atoms with Crippen LogP contribution in [-0.4, -0.2) is 40.3 Å². The van der Waals surface area contributed by atoms with Crippen molar-refractivity contribution in [2.24, 2.45) is 0 Å². The van der Waals surface area contributed by atoms with Gasteiger partial charge in [-0.2, -0.15) is 5.01 Å². The molecular weight excluding hydrogens is 336 g/mol. The second-order valence-electron chi connectivity index (χ2n) is 6.88. The summed E-state index contributed by atoms with van der Waals surface area (Å²) in [5.41, 5.74) is 0.302. The molecule has 7 nitrogen and oxygen atoms in total. The van der Waals surface area contributed by atoms with Crippen LogP contribution in [0.1, 0.15) is 52.2 Å². The van der Waals surface area contributed by atoms with E-state index in [0.717, 1.165) is 15.6 Å². The molecule has 0 aliphatic carbocycles. The van der Waals surface area contributed by atoms with E-state index in [-0.39, 0.29) is 0 Å². The molecule has 1 saturated heterocycles. The maximum atomic E-state index is 13.0. The molecule has 1 aromatic rings. The molecule has 0 radical (unpaired) electrons. The highest BCUT2D eigenvalue weighted by atomic mass is 16.6. The summed E-state index contributed by atoms with van der Waals surface area (Å²) in [4.78, 5) is 38.1. The van der Waals surface area contributed by atoms with Crippen molar-refractivity contribution >= 4 is 18.1 Å². The molecule has 1 fully saturated rings. The minimum atomic E-state index is -1.28. The van der Waals surface area contributed by atoms with Gasteiger partial charge in [0.05, 0.1) is 12.2 Å². The zero-order chi connectivity index (χ0) is 19.6. The van der Waals surface area contributed by atoms with E-state index < -0.39 is 35.8 Å². The van der Waals surface area contributed by atoms with E-state index in [1.807, 2.05) is 25.1 Å². The summed E-state index contributed by atoms with van der Waals surface area (Å²) < 4.78 is 10.4. The van der Waals surface area contributed by atoms with Gasteiger partial charge in [0.15, 0.2) is 5.54 Å². The number of aryl methyl sites for hydroxylation is 1. The highest BCUT2D eigenvalue weighted by Crippen LogP contribution is 2.45. The topological polar surface area (TPSA) is 76.2 Å². The highest BCUT2D eigenvalue weighted by Gasteiger charge is 2.65. The monoisotopic (exact) mass is 362 g/mol. The first-order valence-corrected chi connectivity index (χ1v) is 8.78. The van der Waals surface area contributed by atoms with Crippen molar-refractivity contribution in [2.75, 3.05) is 0 Å². The predicted molar refractivity (Wildman–Crippen MR) is 95.1 cm³/mol. The SMILES string of the molecule is CC[C@@]1(c2cccc(C)c2)C(=O)N(C(=O)OC(C)C)N1C(=O)OC(C)C. The van der Waals surface area contributed by atoms with Crippen molar-refractivity contribution in [2.45, 2.75) is 65.7 Å². The van der Waals surface area contributed by atoms with Crippen molar-refractivity contribution in [1.29, 1.82) is 0 Å². The zero-order valence-electron chi connectivity index (χ0n) is 16.1. The number of amides is 3. The van der Waals surface area contributed by atoms with Crippen LogP contribution in [-0.2, 0) is 19.8 Å². The Morgan fingerprint density at radius 2 is 1.65 bits per heavy atom. The smallest absolute Gasteiger partial charge is 0.436 e. The molecule has 1 aliphatic rings. The normalized spacial score (nSPS) is 19.6. The highest BCUT2D eigenvalue weighted by molar-refractivity contribution is 6.06. The Balaban J connectivity index is 2.50. The molecule has 0 spiro atoms. The summed E-state index contributed by atoms with van der Waals surface area (Å²) in [5, 5.41) is 1.81. The van der Waals surface area contributed by atoms with Crippen LogP contribution >= 0.6 is 0 Å². The average Bonchev–Trinajstić information content (AvgIpc) is 2.51. The fraction of sp³-hybridized carbons (Fsp3) is 0.526. The number of carbonyl (C=O) groups is 3. The van der Waals surface area contributed by atoms with Crippen LogP contribution in [0.25, 0.3) is 0 Å². The minimum absolute atomic E-state index is 0.300. The molecule has 1 atom stereocenters. The van der Waals surface area contributed by atoms with Gasteiger partial charge >= 0.3 is 12.2 Å². The third-order valence-electron chi connectivity index (χ3n) is 4.13. The van der Waals surface area contributed by atoms with Gasteiger partial charge in [-0.05, 0) is 46.6 Å². The quantitative estimate of drug-likeness (QED) is 0.815. The Labute approximate surface area is 153 Å². The molecule has 0 N–H and O–H groups in total. The van der Waals surface area contributed by atoms with E-state index in [4.69, 9.17) is 9.47 Å². The summed E-state index contributed by atoms with van der Waals surface area (Å²) in [6, 6.07) is 7.32. The second-order valence-corrected chi connectivity index (χ2v) is 6.88. The van der Waals surface area contributed by atoms with Gasteiger partial charge in [-0.25, -0.2) is 9.59 Å². The van der Waals surface area contributed by atoms with Crippen molar-refractivity contribution in [1.82, 2.24) is 10.0 Å². The van der Waals surface area contributed by atoms with E-state index in [9.17, 15) is 14.4 Å². The van der Waals surface area contributed by atoms with Crippen LogP contribution in [0.5, 0.6) is 0 Å². The van der Waals surface area contributed by atoms with Crippen molar-refractivity contribution in [3.8, 4) is 0 Å². The van der Waals surface area contributed by atoms with Gasteiger partial charge < -0.3 is 9.47 Å². The van der Waals surface area contributed by atoms with Crippen LogP contribution in [0.2, 0.25) is 0 Å². The van der Waals surface area contributed by atoms with Gasteiger partial charge in [0, 0.05) is 0 Å². The van der Waals surface area contributed by atoms with E-state index >= 15 is 0 Å². The van der Waals surface area contributed by atoms with Gasteiger partial charge in [0.1, 0.15) is 0 Å². The lowest BCUT2D eigenvalue weighted by atomic mass is 9.81. The molecule has 142 valence electrons. The van der Waals surface area contributed by atoms with Crippen LogP contribution < -0.4 is 0 Å². The number of carbonyl (C=O) groups excluding carboxylic acids is 3. The van der Waals surface area contributed by atoms with Crippen LogP contribution in [0, 0.1) is 6.92 Å². The maximum Gasteiger partial charge on any atom is 0.436 e. The summed E-state index contributed by atoms with van der Waals surface area (Å²) in [6.45, 7) is 10.4. The van der Waals surface area contributed by atoms with Gasteiger partial charge in [-0.3, -0.25) is 4.79 Å². The lowest BCUT2D eigenvalue weighted by Gasteiger charge is -2.55. The fourth-order valence-electron chi connectivity index (χ4n) is 3.04. The van der Waals surface area contributed by atoms with Crippen LogP contribution in [0.15, 0.2) is 24.3 Å². The Morgan fingerprint density at radius 3 is 2.15 bits per heavy atom. The lowest BCUT2D eigenvalue weighted by molar-refractivity contribution is -0.204. The van der Waals surface area contributed by atoms with E-state index in [0.29, 0.717) is 12.0 Å². The van der Waals surface area contributed by atoms with Crippen molar-refractivity contribution < 1.29 is 23.9 Å². The Kier molecular flexibility index (Phi) is 5.59. The summed E-state index contributed by atoms with van der Waals surface area (Å²) in [5.74, 6) is -0.503. The molecule has 1 aliphatic heterocycles. The first-order valence-electron chi connectivity index (χ1n) is 8.78. The zero-order valence-corrected chi connectivity index (χ0v) is 16.1. The molecule has 2 rings (SSSR count). The molecule has 0 unspecified atom stereocenters. The molecule has 1 aromatic carbocycles. The molecular formula is C19H26N2O5. The molecule has 0 aromatic heterocycles. The fourth-order valence-corrected chi connectivity index (χ4v) is 3.04. The van der Waals surface area contributed by atoms with Crippen LogP contribution in [0.4, 0.5) is 9.59 Å². The van der Waals surface area contributed by atoms with Gasteiger partial charge in [0.2, 0.25) is 0 Å². The van der Waals surface area contributed by atoms with Gasteiger partial charge in [0.25, 0.3) is 5.91 Å². The van der Waals surface area contributed by atoms with Crippen molar-refractivity contribution in [3.63, 3.8) is 0 Å². The van der Waals surface area contributed by atoms with E-state index in [1.54, 1.807) is 40.7 Å². The third kappa shape index (κ3) is 3.25. The van der Waals surface area contributed by atoms with Gasteiger partial charge in [-0.1, -0.05) is 36.8 Å². The number of rotatable bonds is 4. The van der Waals surface area contributed by atoms with Gasteiger partial charge in [-0.15, -0.1) is 5.01 Å². The average molecular weight is 362 g/mol. The maximum absolute atomic E-state index is 13.0. The molecule has 0 saturated carbocycles. The number of ether oxygens (including phenoxy) is 2. The number of hydrogen-bond donors (Lipinski definition) is 0. The second kappa shape index (κ2) is 7.35. The van der Waals surface area contributed by atoms with Crippen LogP contribution in [0.3, 0.4) is 0 Å². The van der Waals surface area contributed by atoms with E-state index in [2.05, 4.69) is 0 Å². The first-order chi connectivity index (χ1) is 12.1. The summed E-state index contributed by atoms with van der Waals surface area (Å²) in [6.07, 6.45) is -2.17. The Morgan fingerprint density at radius 1 is 1.08 bits per heavy atom. The summed E-state index contributed by atoms with van der Waals surface area (Å²) >= 11 is 0. The molecule has 0 bridgehead atoms. The molecule has 1 heterocycles. The Hall–Kier alpha value is -2.57. The number of nitrogens with zero attached hydrogens (tertiary/aromatic N) is 2. The number of imide groups is 1. The molecule has 26 heavy (non-hydrogen) atoms. The van der Waals surface area contributed by atoms with Crippen molar-refractivity contribution in [3.05, 3.63) is 35.4 Å². The first kappa shape index (κ1) is 19.8. The molecule has 7 heteroatoms. The third-order valence-corrected chi connectivity index (χ3v) is 4.13. The largest absolute Gasteiger partial charge is 0.445 e. The molecule has 3 amide bonds. The van der Waals surface area contributed by atoms with E-state index in [1.165, 1.54) is 0 Å². The number of benzene rings is 1. The number of hydrogen-bond acceptors (Lipinski definition) is 5. The summed E-state index contributed by atoms with van der Waals surface area (Å²) in [7, 11) is 0. The lowest BCUT2D eigenvalue weighted by Crippen LogP contribution is -2.78. The predicted octanol–water partition coefficient (Wildman–Crippen LogP) is 3.75. The minimum Gasteiger partial charge on any atom is -0.445 e.